The molecule has 7 heteroatoms. The average Bonchev–Trinajstić information content (AvgIpc) is 3.34. The van der Waals surface area contributed by atoms with Crippen LogP contribution in [0.15, 0.2) is 36.4 Å². The van der Waals surface area contributed by atoms with Crippen LogP contribution in [0.2, 0.25) is 0 Å². The smallest absolute Gasteiger partial charge is 0.321 e. The minimum atomic E-state index is -0.546. The summed E-state index contributed by atoms with van der Waals surface area (Å²) in [6.07, 6.45) is 5.23. The van der Waals surface area contributed by atoms with Crippen LogP contribution in [0.5, 0.6) is 0 Å². The fraction of sp³-hybridized carbons (Fsp3) is 0.481. The van der Waals surface area contributed by atoms with Crippen LogP contribution in [0, 0.1) is 12.8 Å². The molecule has 0 unspecified atom stereocenters. The normalized spacial score (nSPS) is 19.6. The van der Waals surface area contributed by atoms with Crippen LogP contribution in [0.4, 0.5) is 16.3 Å². The summed E-state index contributed by atoms with van der Waals surface area (Å²) >= 11 is 0. The number of ether oxygens (including phenoxy) is 1. The number of aromatic nitrogens is 1. The van der Waals surface area contributed by atoms with Gasteiger partial charge in [-0.3, -0.25) is 0 Å². The highest BCUT2D eigenvalue weighted by atomic mass is 16.5. The quantitative estimate of drug-likeness (QED) is 0.656. The number of rotatable bonds is 6. The summed E-state index contributed by atoms with van der Waals surface area (Å²) in [4.78, 5) is 21.8. The number of anilines is 2. The Morgan fingerprint density at radius 2 is 2.06 bits per heavy atom. The maximum atomic E-state index is 12.8. The van der Waals surface area contributed by atoms with E-state index in [0.717, 1.165) is 72.9 Å². The number of nitrogens with zero attached hydrogens (tertiary/aromatic N) is 3. The molecular weight excluding hydrogens is 428 g/mol. The Kier molecular flexibility index (Phi) is 7.85. The number of pyridine rings is 1. The van der Waals surface area contributed by atoms with E-state index in [4.69, 9.17) is 9.72 Å². The Bertz CT molecular complexity index is 1030. The molecule has 0 saturated carbocycles. The van der Waals surface area contributed by atoms with E-state index in [0.29, 0.717) is 19.1 Å². The molecule has 0 bridgehead atoms. The molecule has 2 N–H and O–H groups in total. The lowest BCUT2D eigenvalue weighted by Gasteiger charge is -2.28. The summed E-state index contributed by atoms with van der Waals surface area (Å²) in [5.74, 6) is 1.49. The van der Waals surface area contributed by atoms with Gasteiger partial charge in [-0.15, -0.1) is 0 Å². The van der Waals surface area contributed by atoms with Gasteiger partial charge in [0.25, 0.3) is 0 Å². The van der Waals surface area contributed by atoms with Crippen molar-refractivity contribution in [2.75, 3.05) is 49.6 Å². The van der Waals surface area contributed by atoms with E-state index in [-0.39, 0.29) is 6.03 Å². The predicted molar refractivity (Wildman–Crippen MR) is 137 cm³/mol. The number of benzene rings is 1. The maximum Gasteiger partial charge on any atom is 0.321 e. The molecule has 0 radical (unpaired) electrons. The molecular formula is C27H36N4O3. The van der Waals surface area contributed by atoms with Crippen LogP contribution >= 0.6 is 0 Å². The summed E-state index contributed by atoms with van der Waals surface area (Å²) in [6, 6.07) is 10.2. The van der Waals surface area contributed by atoms with Gasteiger partial charge < -0.3 is 25.0 Å². The molecule has 2 saturated heterocycles. The van der Waals surface area contributed by atoms with Crippen molar-refractivity contribution in [2.24, 2.45) is 5.92 Å². The number of nitrogens with one attached hydrogen (secondary N) is 1. The van der Waals surface area contributed by atoms with Gasteiger partial charge in [0, 0.05) is 31.9 Å². The van der Waals surface area contributed by atoms with Gasteiger partial charge in [-0.1, -0.05) is 25.5 Å². The molecule has 2 amide bonds. The van der Waals surface area contributed by atoms with Crippen molar-refractivity contribution >= 4 is 23.6 Å². The Morgan fingerprint density at radius 3 is 2.76 bits per heavy atom. The second kappa shape index (κ2) is 11.0. The van der Waals surface area contributed by atoms with Crippen LogP contribution in [0.1, 0.15) is 37.9 Å². The van der Waals surface area contributed by atoms with E-state index in [1.54, 1.807) is 13.0 Å². The highest BCUT2D eigenvalue weighted by Crippen LogP contribution is 2.31. The van der Waals surface area contributed by atoms with Gasteiger partial charge in [0.15, 0.2) is 0 Å². The molecule has 4 rings (SSSR count). The number of morpholine rings is 1. The van der Waals surface area contributed by atoms with Crippen LogP contribution in [-0.4, -0.2) is 66.5 Å². The third kappa shape index (κ3) is 5.96. The van der Waals surface area contributed by atoms with Gasteiger partial charge in [0.2, 0.25) is 0 Å². The lowest BCUT2D eigenvalue weighted by molar-refractivity contribution is 0.122. The van der Waals surface area contributed by atoms with E-state index in [9.17, 15) is 9.90 Å². The topological polar surface area (TPSA) is 77.9 Å². The molecule has 2 aromatic rings. The van der Waals surface area contributed by atoms with Gasteiger partial charge in [-0.05, 0) is 73.2 Å². The molecule has 2 atom stereocenters. The fourth-order valence-electron chi connectivity index (χ4n) is 4.53. The Hall–Kier alpha value is -2.90. The van der Waals surface area contributed by atoms with Crippen molar-refractivity contribution in [3.63, 3.8) is 0 Å². The molecule has 2 aliphatic heterocycles. The summed E-state index contributed by atoms with van der Waals surface area (Å²) in [5.41, 5.74) is 4.78. The number of urea groups is 1. The van der Waals surface area contributed by atoms with Crippen molar-refractivity contribution in [1.29, 1.82) is 0 Å². The molecule has 1 aromatic carbocycles. The first-order valence-electron chi connectivity index (χ1n) is 12.3. The van der Waals surface area contributed by atoms with Crippen LogP contribution in [0.25, 0.3) is 17.2 Å². The first kappa shape index (κ1) is 24.2. The molecule has 1 aromatic heterocycles. The van der Waals surface area contributed by atoms with Crippen LogP contribution in [-0.2, 0) is 4.74 Å². The zero-order valence-electron chi connectivity index (χ0n) is 20.5. The summed E-state index contributed by atoms with van der Waals surface area (Å²) in [5, 5.41) is 12.8. The lowest BCUT2D eigenvalue weighted by Crippen LogP contribution is -2.36. The monoisotopic (exact) mass is 464 g/mol. The van der Waals surface area contributed by atoms with E-state index < -0.39 is 6.10 Å². The van der Waals surface area contributed by atoms with Gasteiger partial charge in [0.1, 0.15) is 5.82 Å². The summed E-state index contributed by atoms with van der Waals surface area (Å²) in [7, 11) is 0. The molecule has 3 heterocycles. The third-order valence-corrected chi connectivity index (χ3v) is 6.66. The van der Waals surface area contributed by atoms with E-state index in [1.807, 2.05) is 35.2 Å². The van der Waals surface area contributed by atoms with Gasteiger partial charge in [0.05, 0.1) is 25.0 Å². The zero-order chi connectivity index (χ0) is 24.1. The zero-order valence-corrected chi connectivity index (χ0v) is 20.5. The average molecular weight is 465 g/mol. The Labute approximate surface area is 202 Å². The molecule has 182 valence electrons. The van der Waals surface area contributed by atoms with Crippen molar-refractivity contribution in [3.05, 3.63) is 47.7 Å². The Morgan fingerprint density at radius 1 is 1.26 bits per heavy atom. The van der Waals surface area contributed by atoms with E-state index >= 15 is 0 Å². The standard InChI is InChI=1S/C27H36N4O3/c1-4-21-9-10-31(18-21)27(33)29-24-7-5-19(2)25(17-24)22-15-23(8-6-20(3)32)28-26(16-22)30-11-13-34-14-12-30/h5-8,15-17,20-21,32H,4,9-14,18H2,1-3H3,(H,29,33)/b8-6+/t20-,21-/m1/s1. The van der Waals surface area contributed by atoms with Crippen LogP contribution < -0.4 is 10.2 Å². The van der Waals surface area contributed by atoms with Gasteiger partial charge >= 0.3 is 6.03 Å². The molecule has 34 heavy (non-hydrogen) atoms. The number of likely N-dealkylation sites (tertiary alicyclic amines) is 1. The Balaban J connectivity index is 1.63. The van der Waals surface area contributed by atoms with Crippen molar-refractivity contribution < 1.29 is 14.6 Å². The molecule has 0 aliphatic carbocycles. The fourth-order valence-corrected chi connectivity index (χ4v) is 4.53. The second-order valence-corrected chi connectivity index (χ2v) is 9.31. The predicted octanol–water partition coefficient (Wildman–Crippen LogP) is 4.55. The van der Waals surface area contributed by atoms with Crippen molar-refractivity contribution in [1.82, 2.24) is 9.88 Å². The number of aliphatic hydroxyl groups excluding tert-OH is 1. The number of aryl methyl sites for hydroxylation is 1. The first-order valence-corrected chi connectivity index (χ1v) is 12.3. The SMILES string of the molecule is CC[C@@H]1CCN(C(=O)Nc2ccc(C)c(-c3cc(/C=C/[C@@H](C)O)nc(N4CCOCC4)c3)c2)C1. The number of carbonyl (C=O) groups excluding carboxylic acids is 1. The number of amides is 2. The highest BCUT2D eigenvalue weighted by molar-refractivity contribution is 5.91. The molecule has 0 spiro atoms. The lowest BCUT2D eigenvalue weighted by atomic mass is 9.99. The number of carbonyl (C=O) groups is 1. The largest absolute Gasteiger partial charge is 0.389 e. The number of aliphatic hydroxyl groups is 1. The van der Waals surface area contributed by atoms with Crippen molar-refractivity contribution in [3.8, 4) is 11.1 Å². The van der Waals surface area contributed by atoms with Gasteiger partial charge in [-0.25, -0.2) is 9.78 Å². The number of hydrogen-bond acceptors (Lipinski definition) is 5. The minimum absolute atomic E-state index is 0.0324. The number of hydrogen-bond donors (Lipinski definition) is 2. The minimum Gasteiger partial charge on any atom is -0.389 e. The van der Waals surface area contributed by atoms with Gasteiger partial charge in [-0.2, -0.15) is 0 Å². The summed E-state index contributed by atoms with van der Waals surface area (Å²) in [6.45, 7) is 10.6. The van der Waals surface area contributed by atoms with Crippen LogP contribution in [0.3, 0.4) is 0 Å². The van der Waals surface area contributed by atoms with E-state index in [2.05, 4.69) is 30.1 Å². The first-order chi connectivity index (χ1) is 16.4. The molecule has 2 fully saturated rings. The second-order valence-electron chi connectivity index (χ2n) is 9.31. The summed E-state index contributed by atoms with van der Waals surface area (Å²) < 4.78 is 5.51. The highest BCUT2D eigenvalue weighted by Gasteiger charge is 2.25. The van der Waals surface area contributed by atoms with E-state index in [1.165, 1.54) is 0 Å². The maximum absolute atomic E-state index is 12.8. The van der Waals surface area contributed by atoms with Crippen molar-refractivity contribution in [2.45, 2.75) is 39.7 Å². The third-order valence-electron chi connectivity index (χ3n) is 6.66. The molecule has 7 nitrogen and oxygen atoms in total. The molecule has 2 aliphatic rings.